The van der Waals surface area contributed by atoms with Gasteiger partial charge < -0.3 is 19.5 Å². The van der Waals surface area contributed by atoms with Crippen LogP contribution < -0.4 is 4.74 Å². The number of aliphatic hydroxyl groups excluding tert-OH is 1. The quantitative estimate of drug-likeness (QED) is 0.217. The molecule has 1 heterocycles. The highest BCUT2D eigenvalue weighted by molar-refractivity contribution is 6.46. The third kappa shape index (κ3) is 4.87. The lowest BCUT2D eigenvalue weighted by atomic mass is 9.95. The van der Waals surface area contributed by atoms with E-state index in [-0.39, 0.29) is 11.3 Å². The zero-order valence-electron chi connectivity index (χ0n) is 19.2. The summed E-state index contributed by atoms with van der Waals surface area (Å²) in [5.74, 6) is -0.277. The first-order valence-electron chi connectivity index (χ1n) is 11.2. The van der Waals surface area contributed by atoms with Crippen molar-refractivity contribution < 1.29 is 24.2 Å². The van der Waals surface area contributed by atoms with Crippen molar-refractivity contribution in [3.8, 4) is 11.5 Å². The number of carbonyl (C=O) groups is 2. The van der Waals surface area contributed by atoms with Gasteiger partial charge in [0.25, 0.3) is 11.7 Å². The zero-order chi connectivity index (χ0) is 24.1. The van der Waals surface area contributed by atoms with Crippen molar-refractivity contribution in [2.45, 2.75) is 19.4 Å². The number of carbonyl (C=O) groups excluding carboxylic acids is 2. The van der Waals surface area contributed by atoms with Crippen LogP contribution in [0.4, 0.5) is 0 Å². The van der Waals surface area contributed by atoms with Crippen molar-refractivity contribution in [1.29, 1.82) is 0 Å². The number of aryl methyl sites for hydroxylation is 1. The molecule has 0 aliphatic carbocycles. The van der Waals surface area contributed by atoms with Crippen LogP contribution in [0.1, 0.15) is 29.2 Å². The summed E-state index contributed by atoms with van der Waals surface area (Å²) in [7, 11) is 1.59. The maximum Gasteiger partial charge on any atom is 0.295 e. The molecule has 0 aromatic heterocycles. The van der Waals surface area contributed by atoms with Crippen molar-refractivity contribution in [3.05, 3.63) is 101 Å². The minimum Gasteiger partial charge on any atom is -0.507 e. The number of amides is 1. The number of rotatable bonds is 8. The molecule has 0 spiro atoms. The number of benzene rings is 3. The topological polar surface area (TPSA) is 76.1 Å². The highest BCUT2D eigenvalue weighted by Gasteiger charge is 2.45. The lowest BCUT2D eigenvalue weighted by Gasteiger charge is -2.25. The van der Waals surface area contributed by atoms with Gasteiger partial charge in [0.1, 0.15) is 17.3 Å². The molecule has 0 saturated carbocycles. The summed E-state index contributed by atoms with van der Waals surface area (Å²) in [6.45, 7) is 2.71. The Labute approximate surface area is 199 Å². The number of Topliss-reactive ketones (excluding diaryl/α,β-unsaturated/α-hetero) is 1. The molecule has 4 rings (SSSR count). The number of ketones is 1. The molecule has 1 atom stereocenters. The summed E-state index contributed by atoms with van der Waals surface area (Å²) in [5, 5.41) is 11.1. The van der Waals surface area contributed by atoms with Crippen LogP contribution in [-0.2, 0) is 14.3 Å². The van der Waals surface area contributed by atoms with Gasteiger partial charge in [-0.15, -0.1) is 0 Å². The molecule has 0 radical (unpaired) electrons. The average Bonchev–Trinajstić information content (AvgIpc) is 3.10. The van der Waals surface area contributed by atoms with Crippen molar-refractivity contribution in [2.24, 2.45) is 0 Å². The minimum atomic E-state index is -0.738. The second kappa shape index (κ2) is 10.4. The van der Waals surface area contributed by atoms with Crippen molar-refractivity contribution in [3.63, 3.8) is 0 Å². The maximum atomic E-state index is 13.1. The highest BCUT2D eigenvalue weighted by atomic mass is 16.5. The molecular formula is C28H27NO5. The Balaban J connectivity index is 1.78. The third-order valence-corrected chi connectivity index (χ3v) is 5.77. The van der Waals surface area contributed by atoms with E-state index in [2.05, 4.69) is 0 Å². The van der Waals surface area contributed by atoms with E-state index in [9.17, 15) is 14.7 Å². The number of ether oxygens (including phenoxy) is 2. The van der Waals surface area contributed by atoms with Gasteiger partial charge in [0, 0.05) is 25.8 Å². The molecule has 1 amide bonds. The highest BCUT2D eigenvalue weighted by Crippen LogP contribution is 2.40. The Morgan fingerprint density at radius 1 is 0.941 bits per heavy atom. The minimum absolute atomic E-state index is 0.0723. The first-order valence-corrected chi connectivity index (χ1v) is 11.2. The standard InChI is InChI=1S/C28H27NO5/c1-19-12-14-20(15-13-19)26(30)24-25(29(16-7-17-33-2)28(32)27(24)31)21-8-6-11-23(18-21)34-22-9-4-3-5-10-22/h3-6,8-15,18,25,30H,7,16-17H2,1-2H3/b26-24+/t25-/m0/s1. The van der Waals surface area contributed by atoms with E-state index >= 15 is 0 Å². The molecule has 3 aromatic carbocycles. The van der Waals surface area contributed by atoms with E-state index in [0.29, 0.717) is 42.2 Å². The molecule has 1 aliphatic heterocycles. The largest absolute Gasteiger partial charge is 0.507 e. The molecule has 174 valence electrons. The van der Waals surface area contributed by atoms with E-state index in [4.69, 9.17) is 9.47 Å². The van der Waals surface area contributed by atoms with Gasteiger partial charge in [-0.1, -0.05) is 60.2 Å². The summed E-state index contributed by atoms with van der Waals surface area (Å²) in [4.78, 5) is 27.6. The predicted molar refractivity (Wildman–Crippen MR) is 130 cm³/mol. The molecule has 3 aromatic rings. The summed E-state index contributed by atoms with van der Waals surface area (Å²) in [5.41, 5.74) is 2.27. The van der Waals surface area contributed by atoms with Gasteiger partial charge in [-0.25, -0.2) is 0 Å². The predicted octanol–water partition coefficient (Wildman–Crippen LogP) is 5.25. The maximum absolute atomic E-state index is 13.1. The van der Waals surface area contributed by atoms with Gasteiger partial charge in [-0.3, -0.25) is 9.59 Å². The van der Waals surface area contributed by atoms with Crippen LogP contribution in [0.2, 0.25) is 0 Å². The van der Waals surface area contributed by atoms with Crippen LogP contribution in [0.25, 0.3) is 5.76 Å². The first kappa shape index (κ1) is 23.3. The summed E-state index contributed by atoms with van der Waals surface area (Å²) >= 11 is 0. The number of methoxy groups -OCH3 is 1. The van der Waals surface area contributed by atoms with Crippen molar-refractivity contribution >= 4 is 17.4 Å². The molecule has 6 nitrogen and oxygen atoms in total. The fourth-order valence-corrected chi connectivity index (χ4v) is 4.08. The average molecular weight is 458 g/mol. The number of likely N-dealkylation sites (tertiary alicyclic amines) is 1. The molecule has 0 bridgehead atoms. The summed E-state index contributed by atoms with van der Waals surface area (Å²) in [6.07, 6.45) is 0.560. The normalized spacial score (nSPS) is 17.2. The van der Waals surface area contributed by atoms with E-state index in [0.717, 1.165) is 5.56 Å². The van der Waals surface area contributed by atoms with Crippen LogP contribution in [0.3, 0.4) is 0 Å². The number of nitrogens with zero attached hydrogens (tertiary/aromatic N) is 1. The molecule has 34 heavy (non-hydrogen) atoms. The van der Waals surface area contributed by atoms with Crippen LogP contribution in [0.15, 0.2) is 84.4 Å². The smallest absolute Gasteiger partial charge is 0.295 e. The van der Waals surface area contributed by atoms with Crippen LogP contribution in [0.5, 0.6) is 11.5 Å². The number of aliphatic hydroxyl groups is 1. The summed E-state index contributed by atoms with van der Waals surface area (Å²) in [6, 6.07) is 23.1. The van der Waals surface area contributed by atoms with Crippen LogP contribution >= 0.6 is 0 Å². The molecule has 0 unspecified atom stereocenters. The van der Waals surface area contributed by atoms with E-state index in [1.54, 1.807) is 25.3 Å². The Morgan fingerprint density at radius 2 is 1.65 bits per heavy atom. The fraction of sp³-hybridized carbons (Fsp3) is 0.214. The molecular weight excluding hydrogens is 430 g/mol. The SMILES string of the molecule is COCCCN1C(=O)C(=O)/C(=C(/O)c2ccc(C)cc2)[C@@H]1c1cccc(Oc2ccccc2)c1. The number of para-hydroxylation sites is 1. The lowest BCUT2D eigenvalue weighted by Crippen LogP contribution is -2.31. The molecule has 1 aliphatic rings. The summed E-state index contributed by atoms with van der Waals surface area (Å²) < 4.78 is 11.1. The van der Waals surface area contributed by atoms with Gasteiger partial charge in [0.2, 0.25) is 0 Å². The van der Waals surface area contributed by atoms with Crippen molar-refractivity contribution in [2.75, 3.05) is 20.3 Å². The Bertz CT molecular complexity index is 1200. The Hall–Kier alpha value is -3.90. The van der Waals surface area contributed by atoms with Crippen LogP contribution in [-0.4, -0.2) is 42.0 Å². The fourth-order valence-electron chi connectivity index (χ4n) is 4.08. The van der Waals surface area contributed by atoms with Crippen molar-refractivity contribution in [1.82, 2.24) is 4.90 Å². The number of hydrogen-bond donors (Lipinski definition) is 1. The van der Waals surface area contributed by atoms with E-state index in [1.807, 2.05) is 67.6 Å². The zero-order valence-corrected chi connectivity index (χ0v) is 19.2. The molecule has 1 saturated heterocycles. The molecule has 6 heteroatoms. The van der Waals surface area contributed by atoms with E-state index < -0.39 is 17.7 Å². The van der Waals surface area contributed by atoms with Gasteiger partial charge in [-0.05, 0) is 43.2 Å². The Morgan fingerprint density at radius 3 is 2.35 bits per heavy atom. The third-order valence-electron chi connectivity index (χ3n) is 5.77. The Kier molecular flexibility index (Phi) is 7.09. The second-order valence-electron chi connectivity index (χ2n) is 8.19. The van der Waals surface area contributed by atoms with Gasteiger partial charge in [0.05, 0.1) is 11.6 Å². The lowest BCUT2D eigenvalue weighted by molar-refractivity contribution is -0.140. The second-order valence-corrected chi connectivity index (χ2v) is 8.19. The number of hydrogen-bond acceptors (Lipinski definition) is 5. The molecule has 1 N–H and O–H groups in total. The first-order chi connectivity index (χ1) is 16.5. The van der Waals surface area contributed by atoms with Gasteiger partial charge >= 0.3 is 0 Å². The monoisotopic (exact) mass is 457 g/mol. The van der Waals surface area contributed by atoms with Crippen LogP contribution in [0, 0.1) is 6.92 Å². The molecule has 1 fully saturated rings. The van der Waals surface area contributed by atoms with Gasteiger partial charge in [0.15, 0.2) is 0 Å². The van der Waals surface area contributed by atoms with Gasteiger partial charge in [-0.2, -0.15) is 0 Å². The van der Waals surface area contributed by atoms with E-state index in [1.165, 1.54) is 4.90 Å².